The molecule has 27 heavy (non-hydrogen) atoms. The first-order valence-electron chi connectivity index (χ1n) is 9.26. The van der Waals surface area contributed by atoms with Gasteiger partial charge in [-0.2, -0.15) is 0 Å². The number of aromatic hydroxyl groups is 1. The van der Waals surface area contributed by atoms with E-state index in [0.29, 0.717) is 19.5 Å². The summed E-state index contributed by atoms with van der Waals surface area (Å²) in [5.74, 6) is -0.246. The van der Waals surface area contributed by atoms with E-state index in [2.05, 4.69) is 35.4 Å². The number of aliphatic imine (C=N–C) groups is 2. The third-order valence-corrected chi connectivity index (χ3v) is 5.81. The van der Waals surface area contributed by atoms with E-state index in [1.807, 2.05) is 13.0 Å². The van der Waals surface area contributed by atoms with E-state index >= 15 is 0 Å². The highest BCUT2D eigenvalue weighted by molar-refractivity contribution is 6.07. The highest BCUT2D eigenvalue weighted by atomic mass is 16.3. The van der Waals surface area contributed by atoms with Gasteiger partial charge in [-0.3, -0.25) is 14.8 Å². The fraction of sp³-hybridized carbons (Fsp3) is 0.476. The second-order valence-electron chi connectivity index (χ2n) is 8.04. The van der Waals surface area contributed by atoms with Gasteiger partial charge >= 0.3 is 0 Å². The summed E-state index contributed by atoms with van der Waals surface area (Å²) in [6.07, 6.45) is 1.45. The van der Waals surface area contributed by atoms with Crippen LogP contribution in [-0.4, -0.2) is 43.6 Å². The summed E-state index contributed by atoms with van der Waals surface area (Å²) in [5, 5.41) is 10.7. The number of anilines is 1. The molecule has 1 saturated heterocycles. The summed E-state index contributed by atoms with van der Waals surface area (Å²) in [6, 6.07) is 3.60. The number of carbonyl (C=O) groups excluding carboxylic acids is 1. The lowest BCUT2D eigenvalue weighted by atomic mass is 9.69. The smallest absolute Gasteiger partial charge is 0.222 e. The van der Waals surface area contributed by atoms with Gasteiger partial charge in [0.15, 0.2) is 0 Å². The molecule has 1 aromatic rings. The van der Waals surface area contributed by atoms with Crippen LogP contribution in [0.5, 0.6) is 5.75 Å². The van der Waals surface area contributed by atoms with Crippen molar-refractivity contribution in [2.75, 3.05) is 25.0 Å². The Morgan fingerprint density at radius 1 is 1.41 bits per heavy atom. The van der Waals surface area contributed by atoms with Crippen LogP contribution in [0.15, 0.2) is 27.7 Å². The van der Waals surface area contributed by atoms with Crippen LogP contribution in [0, 0.1) is 11.3 Å². The molecule has 1 aliphatic heterocycles. The van der Waals surface area contributed by atoms with E-state index < -0.39 is 0 Å². The molecule has 0 bridgehead atoms. The van der Waals surface area contributed by atoms with E-state index in [1.165, 1.54) is 0 Å². The number of carbonyl (C=O) groups is 1. The monoisotopic (exact) mass is 368 g/mol. The molecule has 3 rings (SSSR count). The third kappa shape index (κ3) is 3.13. The molecular weight excluding hydrogens is 340 g/mol. The number of fused-ring (bicyclic) bond motifs is 1. The number of nitrogens with two attached hydrogens (primary N) is 1. The van der Waals surface area contributed by atoms with Crippen molar-refractivity contribution in [3.8, 4) is 5.75 Å². The average molecular weight is 368 g/mol. The molecule has 3 N–H and O–H groups in total. The lowest BCUT2D eigenvalue weighted by Crippen LogP contribution is -2.31. The Balaban J connectivity index is 2.20. The quantitative estimate of drug-likeness (QED) is 0.801. The van der Waals surface area contributed by atoms with E-state index in [-0.39, 0.29) is 23.0 Å². The van der Waals surface area contributed by atoms with Crippen LogP contribution in [0.3, 0.4) is 0 Å². The molecule has 0 radical (unpaired) electrons. The topological polar surface area (TPSA) is 91.3 Å². The molecular formula is C21H28N4O2. The van der Waals surface area contributed by atoms with Crippen LogP contribution < -0.4 is 10.6 Å². The molecule has 6 heteroatoms. The zero-order valence-electron chi connectivity index (χ0n) is 16.5. The van der Waals surface area contributed by atoms with Gasteiger partial charge in [-0.05, 0) is 49.6 Å². The summed E-state index contributed by atoms with van der Waals surface area (Å²) in [4.78, 5) is 22.4. The second-order valence-corrected chi connectivity index (χ2v) is 8.04. The van der Waals surface area contributed by atoms with E-state index in [9.17, 15) is 9.90 Å². The van der Waals surface area contributed by atoms with E-state index in [0.717, 1.165) is 40.2 Å². The van der Waals surface area contributed by atoms with Crippen molar-refractivity contribution >= 4 is 29.7 Å². The second kappa shape index (κ2) is 6.83. The minimum atomic E-state index is -0.285. The molecule has 1 unspecified atom stereocenters. The first kappa shape index (κ1) is 19.1. The molecule has 6 nitrogen and oxygen atoms in total. The third-order valence-electron chi connectivity index (χ3n) is 5.81. The molecule has 2 aliphatic rings. The van der Waals surface area contributed by atoms with E-state index in [1.54, 1.807) is 13.1 Å². The number of nitrogens with zero attached hydrogens (tertiary/aromatic N) is 3. The van der Waals surface area contributed by atoms with Crippen LogP contribution in [0.1, 0.15) is 38.3 Å². The maximum atomic E-state index is 11.6. The number of benzene rings is 1. The number of hydrogen-bond donors (Lipinski definition) is 2. The van der Waals surface area contributed by atoms with Gasteiger partial charge in [0.05, 0.1) is 17.3 Å². The molecule has 144 valence electrons. The number of phenolic OH excluding ortho intramolecular Hbond substituents is 1. The van der Waals surface area contributed by atoms with Crippen molar-refractivity contribution in [3.05, 3.63) is 28.8 Å². The van der Waals surface area contributed by atoms with Crippen molar-refractivity contribution in [3.63, 3.8) is 0 Å². The lowest BCUT2D eigenvalue weighted by Gasteiger charge is -2.37. The number of primary amides is 1. The predicted molar refractivity (Wildman–Crippen MR) is 111 cm³/mol. The number of allylic oxidation sites excluding steroid dienone is 1. The first-order chi connectivity index (χ1) is 12.7. The highest BCUT2D eigenvalue weighted by Gasteiger charge is 2.38. The number of hydrogen-bond acceptors (Lipinski definition) is 5. The number of rotatable bonds is 4. The minimum Gasteiger partial charge on any atom is -0.506 e. The van der Waals surface area contributed by atoms with Crippen molar-refractivity contribution < 1.29 is 9.90 Å². The molecule has 0 saturated carbocycles. The number of phenols is 1. The Kier molecular flexibility index (Phi) is 4.84. The minimum absolute atomic E-state index is 0.186. The molecule has 1 heterocycles. The molecule has 1 amide bonds. The van der Waals surface area contributed by atoms with Gasteiger partial charge in [0.1, 0.15) is 5.75 Å². The van der Waals surface area contributed by atoms with E-state index in [4.69, 9.17) is 5.73 Å². The van der Waals surface area contributed by atoms with Crippen molar-refractivity contribution in [2.24, 2.45) is 27.1 Å². The fourth-order valence-electron chi connectivity index (χ4n) is 4.50. The fourth-order valence-corrected chi connectivity index (χ4v) is 4.50. The summed E-state index contributed by atoms with van der Waals surface area (Å²) >= 11 is 0. The largest absolute Gasteiger partial charge is 0.506 e. The van der Waals surface area contributed by atoms with Crippen molar-refractivity contribution in [2.45, 2.75) is 33.6 Å². The summed E-state index contributed by atoms with van der Waals surface area (Å²) < 4.78 is 0. The van der Waals surface area contributed by atoms with Crippen LogP contribution in [0.4, 0.5) is 5.69 Å². The van der Waals surface area contributed by atoms with Gasteiger partial charge in [0.25, 0.3) is 0 Å². The van der Waals surface area contributed by atoms with Gasteiger partial charge in [0.2, 0.25) is 5.91 Å². The van der Waals surface area contributed by atoms with Gasteiger partial charge in [-0.1, -0.05) is 13.8 Å². The van der Waals surface area contributed by atoms with Crippen LogP contribution in [0.2, 0.25) is 0 Å². The summed E-state index contributed by atoms with van der Waals surface area (Å²) in [6.45, 7) is 11.3. The van der Waals surface area contributed by atoms with Gasteiger partial charge in [-0.15, -0.1) is 0 Å². The van der Waals surface area contributed by atoms with Gasteiger partial charge in [-0.25, -0.2) is 0 Å². The summed E-state index contributed by atoms with van der Waals surface area (Å²) in [5.41, 5.74) is 10.9. The van der Waals surface area contributed by atoms with Gasteiger partial charge in [0, 0.05) is 37.0 Å². The first-order valence-corrected chi connectivity index (χ1v) is 9.26. The molecule has 1 aromatic carbocycles. The van der Waals surface area contributed by atoms with Crippen molar-refractivity contribution in [1.29, 1.82) is 0 Å². The Morgan fingerprint density at radius 2 is 2.11 bits per heavy atom. The predicted octanol–water partition coefficient (Wildman–Crippen LogP) is 2.79. The van der Waals surface area contributed by atoms with Crippen molar-refractivity contribution in [1.82, 2.24) is 0 Å². The SMILES string of the molecule is C=NC1=C(C(C)=NC)C(C)(C)Cc2c1ccc(O)c2N1CCC(C(N)=O)C1. The van der Waals surface area contributed by atoms with Crippen LogP contribution in [0.25, 0.3) is 5.70 Å². The molecule has 1 atom stereocenters. The maximum absolute atomic E-state index is 11.6. The Bertz CT molecular complexity index is 867. The maximum Gasteiger partial charge on any atom is 0.222 e. The Labute approximate surface area is 160 Å². The highest BCUT2D eigenvalue weighted by Crippen LogP contribution is 2.49. The lowest BCUT2D eigenvalue weighted by molar-refractivity contribution is -0.121. The van der Waals surface area contributed by atoms with Crippen LogP contribution >= 0.6 is 0 Å². The normalized spacial score (nSPS) is 22.0. The molecule has 1 aliphatic carbocycles. The zero-order valence-corrected chi connectivity index (χ0v) is 16.5. The Morgan fingerprint density at radius 3 is 2.67 bits per heavy atom. The number of amides is 1. The summed E-state index contributed by atoms with van der Waals surface area (Å²) in [7, 11) is 1.78. The van der Waals surface area contributed by atoms with Crippen LogP contribution in [-0.2, 0) is 11.2 Å². The Hall–Kier alpha value is -2.63. The average Bonchev–Trinajstić information content (AvgIpc) is 3.09. The molecule has 0 spiro atoms. The standard InChI is InChI=1S/C21H28N4O2/c1-12(23-4)17-18(24-5)14-6-7-16(26)19(15(14)10-21(17,2)3)25-9-8-13(11-25)20(22)27/h6-7,13,26H,5,8-11H2,1-4H3,(H2,22,27). The van der Waals surface area contributed by atoms with Gasteiger partial charge < -0.3 is 15.7 Å². The zero-order chi connectivity index (χ0) is 19.9. The molecule has 1 fully saturated rings. The molecule has 0 aromatic heterocycles.